The lowest BCUT2D eigenvalue weighted by Crippen LogP contribution is -1.91. The van der Waals surface area contributed by atoms with Gasteiger partial charge in [0.05, 0.1) is 5.52 Å². The summed E-state index contributed by atoms with van der Waals surface area (Å²) in [4.78, 5) is 0. The van der Waals surface area contributed by atoms with Crippen LogP contribution >= 0.6 is 0 Å². The largest absolute Gasteiger partial charge is 0.508 e. The van der Waals surface area contributed by atoms with Gasteiger partial charge in [0.2, 0.25) is 0 Å². The third-order valence-corrected chi connectivity index (χ3v) is 4.22. The Bertz CT molecular complexity index is 783. The van der Waals surface area contributed by atoms with E-state index in [1.807, 2.05) is 12.1 Å². The van der Waals surface area contributed by atoms with Crippen molar-refractivity contribution in [2.75, 3.05) is 0 Å². The maximum absolute atomic E-state index is 9.68. The second-order valence-corrected chi connectivity index (χ2v) is 5.21. The summed E-state index contributed by atoms with van der Waals surface area (Å²) in [7, 11) is 2.13. The summed E-state index contributed by atoms with van der Waals surface area (Å²) in [5.41, 5.74) is 5.55. The van der Waals surface area contributed by atoms with Crippen LogP contribution in [0.25, 0.3) is 21.8 Å². The molecule has 2 aromatic carbocycles. The molecule has 1 heterocycles. The molecule has 0 fully saturated rings. The smallest absolute Gasteiger partial charge is 0.116 e. The molecular formula is C16H15NO. The number of aromatic nitrogens is 1. The van der Waals surface area contributed by atoms with Gasteiger partial charge in [0, 0.05) is 23.3 Å². The van der Waals surface area contributed by atoms with Crippen LogP contribution in [0.2, 0.25) is 0 Å². The van der Waals surface area contributed by atoms with Crippen LogP contribution in [0.15, 0.2) is 30.3 Å². The number of aromatic hydroxyl groups is 1. The molecule has 0 aliphatic heterocycles. The average Bonchev–Trinajstić information content (AvgIpc) is 2.93. The van der Waals surface area contributed by atoms with E-state index in [9.17, 15) is 5.11 Å². The summed E-state index contributed by atoms with van der Waals surface area (Å²) in [6, 6.07) is 10.1. The summed E-state index contributed by atoms with van der Waals surface area (Å²) < 4.78 is 2.27. The standard InChI is InChI=1S/C16H15NO/c1-17-15-8-6-11(18)9-14(15)13-7-5-10-3-2-4-12(10)16(13)17/h5-9,18H,2-4H2,1H3. The molecule has 4 rings (SSSR count). The molecule has 18 heavy (non-hydrogen) atoms. The number of phenolic OH excluding ortho intramolecular Hbond substituents is 1. The summed E-state index contributed by atoms with van der Waals surface area (Å²) in [5, 5.41) is 12.1. The van der Waals surface area contributed by atoms with E-state index in [4.69, 9.17) is 0 Å². The molecule has 0 atom stereocenters. The quantitative estimate of drug-likeness (QED) is 0.635. The van der Waals surface area contributed by atoms with Crippen LogP contribution < -0.4 is 0 Å². The minimum absolute atomic E-state index is 0.343. The van der Waals surface area contributed by atoms with Crippen LogP contribution in [0.4, 0.5) is 0 Å². The number of phenols is 1. The number of rotatable bonds is 0. The summed E-state index contributed by atoms with van der Waals surface area (Å²) in [6.45, 7) is 0. The van der Waals surface area contributed by atoms with E-state index in [1.165, 1.54) is 46.8 Å². The predicted octanol–water partition coefficient (Wildman–Crippen LogP) is 3.53. The monoisotopic (exact) mass is 237 g/mol. The lowest BCUT2D eigenvalue weighted by molar-refractivity contribution is 0.476. The van der Waals surface area contributed by atoms with E-state index in [0.717, 1.165) is 5.39 Å². The normalized spacial score (nSPS) is 14.5. The van der Waals surface area contributed by atoms with Gasteiger partial charge >= 0.3 is 0 Å². The van der Waals surface area contributed by atoms with Crippen molar-refractivity contribution in [2.24, 2.45) is 7.05 Å². The Hall–Kier alpha value is -1.96. The SMILES string of the molecule is Cn1c2ccc(O)cc2c2ccc3c(c21)CCC3. The minimum atomic E-state index is 0.343. The van der Waals surface area contributed by atoms with Gasteiger partial charge in [-0.3, -0.25) is 0 Å². The number of fused-ring (bicyclic) bond motifs is 5. The zero-order valence-corrected chi connectivity index (χ0v) is 10.4. The maximum atomic E-state index is 9.68. The van der Waals surface area contributed by atoms with Crippen molar-refractivity contribution >= 4 is 21.8 Å². The van der Waals surface area contributed by atoms with Gasteiger partial charge in [-0.05, 0) is 48.6 Å². The van der Waals surface area contributed by atoms with E-state index < -0.39 is 0 Å². The molecule has 0 unspecified atom stereocenters. The van der Waals surface area contributed by atoms with Crippen molar-refractivity contribution in [2.45, 2.75) is 19.3 Å². The van der Waals surface area contributed by atoms with Crippen LogP contribution in [0.3, 0.4) is 0 Å². The van der Waals surface area contributed by atoms with Crippen LogP contribution in [0.1, 0.15) is 17.5 Å². The second-order valence-electron chi connectivity index (χ2n) is 5.21. The molecule has 3 aromatic rings. The van der Waals surface area contributed by atoms with Gasteiger partial charge in [-0.1, -0.05) is 12.1 Å². The first-order valence-corrected chi connectivity index (χ1v) is 6.47. The number of hydrogen-bond acceptors (Lipinski definition) is 1. The van der Waals surface area contributed by atoms with Crippen LogP contribution in [0.5, 0.6) is 5.75 Å². The van der Waals surface area contributed by atoms with Crippen molar-refractivity contribution in [3.63, 3.8) is 0 Å². The number of hydrogen-bond donors (Lipinski definition) is 1. The summed E-state index contributed by atoms with van der Waals surface area (Å²) in [5.74, 6) is 0.343. The number of nitrogens with zero attached hydrogens (tertiary/aromatic N) is 1. The van der Waals surface area contributed by atoms with Crippen LogP contribution in [-0.4, -0.2) is 9.67 Å². The van der Waals surface area contributed by atoms with Gasteiger partial charge in [-0.15, -0.1) is 0 Å². The van der Waals surface area contributed by atoms with E-state index in [2.05, 4.69) is 23.7 Å². The van der Waals surface area contributed by atoms with E-state index in [-0.39, 0.29) is 0 Å². The van der Waals surface area contributed by atoms with Crippen molar-refractivity contribution < 1.29 is 5.11 Å². The summed E-state index contributed by atoms with van der Waals surface area (Å²) >= 11 is 0. The van der Waals surface area contributed by atoms with Gasteiger partial charge < -0.3 is 9.67 Å². The lowest BCUT2D eigenvalue weighted by Gasteiger charge is -2.04. The molecule has 0 saturated carbocycles. The van der Waals surface area contributed by atoms with Crippen molar-refractivity contribution in [3.8, 4) is 5.75 Å². The highest BCUT2D eigenvalue weighted by atomic mass is 16.3. The Morgan fingerprint density at radius 2 is 1.94 bits per heavy atom. The molecule has 0 saturated heterocycles. The zero-order valence-electron chi connectivity index (χ0n) is 10.4. The first kappa shape index (κ1) is 10.0. The Morgan fingerprint density at radius 3 is 2.83 bits per heavy atom. The van der Waals surface area contributed by atoms with E-state index in [1.54, 1.807) is 6.07 Å². The fourth-order valence-electron chi connectivity index (χ4n) is 3.40. The Kier molecular flexibility index (Phi) is 1.83. The van der Waals surface area contributed by atoms with Crippen molar-refractivity contribution in [3.05, 3.63) is 41.5 Å². The van der Waals surface area contributed by atoms with Crippen LogP contribution in [-0.2, 0) is 19.9 Å². The maximum Gasteiger partial charge on any atom is 0.116 e. The number of benzene rings is 2. The Balaban J connectivity index is 2.26. The van der Waals surface area contributed by atoms with Crippen molar-refractivity contribution in [1.82, 2.24) is 4.57 Å². The summed E-state index contributed by atoms with van der Waals surface area (Å²) in [6.07, 6.45) is 3.65. The molecular weight excluding hydrogens is 222 g/mol. The van der Waals surface area contributed by atoms with Gasteiger partial charge in [-0.2, -0.15) is 0 Å². The van der Waals surface area contributed by atoms with Gasteiger partial charge in [0.15, 0.2) is 0 Å². The Labute approximate surface area is 105 Å². The third kappa shape index (κ3) is 1.13. The topological polar surface area (TPSA) is 25.2 Å². The van der Waals surface area contributed by atoms with Gasteiger partial charge in [0.25, 0.3) is 0 Å². The van der Waals surface area contributed by atoms with Crippen LogP contribution in [0, 0.1) is 0 Å². The first-order chi connectivity index (χ1) is 8.75. The van der Waals surface area contributed by atoms with Crippen molar-refractivity contribution in [1.29, 1.82) is 0 Å². The van der Waals surface area contributed by atoms with E-state index in [0.29, 0.717) is 5.75 Å². The molecule has 1 aliphatic carbocycles. The molecule has 0 radical (unpaired) electrons. The molecule has 1 N–H and O–H groups in total. The van der Waals surface area contributed by atoms with Gasteiger partial charge in [0.1, 0.15) is 5.75 Å². The first-order valence-electron chi connectivity index (χ1n) is 6.47. The molecule has 1 aromatic heterocycles. The van der Waals surface area contributed by atoms with E-state index >= 15 is 0 Å². The molecule has 1 aliphatic rings. The third-order valence-electron chi connectivity index (χ3n) is 4.22. The number of aryl methyl sites for hydroxylation is 3. The highest BCUT2D eigenvalue weighted by molar-refractivity contribution is 6.09. The lowest BCUT2D eigenvalue weighted by atomic mass is 10.1. The average molecular weight is 237 g/mol. The fraction of sp³-hybridized carbons (Fsp3) is 0.250. The molecule has 0 amide bonds. The molecule has 0 spiro atoms. The molecule has 0 bridgehead atoms. The minimum Gasteiger partial charge on any atom is -0.508 e. The van der Waals surface area contributed by atoms with Gasteiger partial charge in [-0.25, -0.2) is 0 Å². The molecule has 2 heteroatoms. The fourth-order valence-corrected chi connectivity index (χ4v) is 3.40. The predicted molar refractivity (Wildman–Crippen MR) is 74.1 cm³/mol. The molecule has 2 nitrogen and oxygen atoms in total. The molecule has 90 valence electrons. The Morgan fingerprint density at radius 1 is 1.06 bits per heavy atom. The highest BCUT2D eigenvalue weighted by Crippen LogP contribution is 2.36. The highest BCUT2D eigenvalue weighted by Gasteiger charge is 2.18. The zero-order chi connectivity index (χ0) is 12.3. The second kappa shape index (κ2) is 3.29.